The summed E-state index contributed by atoms with van der Waals surface area (Å²) in [4.78, 5) is 0. The Kier molecular flexibility index (Phi) is 5.47. The van der Waals surface area contributed by atoms with E-state index in [4.69, 9.17) is 11.5 Å². The van der Waals surface area contributed by atoms with E-state index in [1.807, 2.05) is 24.3 Å². The van der Waals surface area contributed by atoms with E-state index in [-0.39, 0.29) is 0 Å². The van der Waals surface area contributed by atoms with Gasteiger partial charge in [-0.1, -0.05) is 0 Å². The average molecular weight is 324 g/mol. The summed E-state index contributed by atoms with van der Waals surface area (Å²) >= 11 is 0. The summed E-state index contributed by atoms with van der Waals surface area (Å²) in [5.74, 6) is 1.55. The second kappa shape index (κ2) is 7.95. The van der Waals surface area contributed by atoms with Gasteiger partial charge in [0.2, 0.25) is 0 Å². The third-order valence-electron chi connectivity index (χ3n) is 4.98. The van der Waals surface area contributed by atoms with E-state index >= 15 is 0 Å². The van der Waals surface area contributed by atoms with Gasteiger partial charge in [-0.15, -0.1) is 0 Å². The molecular formula is C20H28N4. The molecule has 0 amide bonds. The summed E-state index contributed by atoms with van der Waals surface area (Å²) in [5, 5.41) is 7.07. The van der Waals surface area contributed by atoms with Crippen molar-refractivity contribution in [3.05, 3.63) is 48.5 Å². The van der Waals surface area contributed by atoms with Crippen LogP contribution < -0.4 is 22.1 Å². The summed E-state index contributed by atoms with van der Waals surface area (Å²) in [6.45, 7) is 2.12. The van der Waals surface area contributed by atoms with Crippen molar-refractivity contribution < 1.29 is 0 Å². The number of benzene rings is 2. The van der Waals surface area contributed by atoms with Gasteiger partial charge in [0.25, 0.3) is 0 Å². The standard InChI is InChI=1S/C20H28N4/c21-17-5-9-19(10-6-17)23-13-15-1-2-16(4-3-15)14-24-20-11-7-18(22)8-12-20/h5-12,15-16,23-24H,1-4,13-14,21-22H2. The first kappa shape index (κ1) is 16.5. The molecule has 4 heteroatoms. The van der Waals surface area contributed by atoms with Gasteiger partial charge >= 0.3 is 0 Å². The van der Waals surface area contributed by atoms with Gasteiger partial charge in [-0.3, -0.25) is 0 Å². The first-order chi connectivity index (χ1) is 11.7. The third kappa shape index (κ3) is 4.82. The quantitative estimate of drug-likeness (QED) is 0.601. The normalized spacial score (nSPS) is 20.5. The van der Waals surface area contributed by atoms with E-state index in [1.165, 1.54) is 25.7 Å². The highest BCUT2D eigenvalue weighted by Crippen LogP contribution is 2.29. The molecule has 6 N–H and O–H groups in total. The van der Waals surface area contributed by atoms with Gasteiger partial charge < -0.3 is 22.1 Å². The van der Waals surface area contributed by atoms with Crippen molar-refractivity contribution in [1.29, 1.82) is 0 Å². The largest absolute Gasteiger partial charge is 0.399 e. The number of nitrogen functional groups attached to an aromatic ring is 2. The predicted octanol–water partition coefficient (Wildman–Crippen LogP) is 4.18. The number of hydrogen-bond acceptors (Lipinski definition) is 4. The zero-order chi connectivity index (χ0) is 16.8. The Morgan fingerprint density at radius 1 is 0.625 bits per heavy atom. The SMILES string of the molecule is Nc1ccc(NCC2CCC(CNc3ccc(N)cc3)CC2)cc1. The van der Waals surface area contributed by atoms with Crippen molar-refractivity contribution in [2.75, 3.05) is 35.2 Å². The fourth-order valence-electron chi connectivity index (χ4n) is 3.37. The Hall–Kier alpha value is -2.36. The maximum atomic E-state index is 5.72. The van der Waals surface area contributed by atoms with Gasteiger partial charge in [-0.05, 0) is 86.1 Å². The second-order valence-corrected chi connectivity index (χ2v) is 6.89. The smallest absolute Gasteiger partial charge is 0.0341 e. The fourth-order valence-corrected chi connectivity index (χ4v) is 3.37. The molecule has 0 unspecified atom stereocenters. The van der Waals surface area contributed by atoms with Crippen molar-refractivity contribution >= 4 is 22.7 Å². The van der Waals surface area contributed by atoms with Gasteiger partial charge in [0.15, 0.2) is 0 Å². The van der Waals surface area contributed by atoms with E-state index in [2.05, 4.69) is 34.9 Å². The van der Waals surface area contributed by atoms with Crippen molar-refractivity contribution in [3.8, 4) is 0 Å². The van der Waals surface area contributed by atoms with Crippen LogP contribution in [0.2, 0.25) is 0 Å². The van der Waals surface area contributed by atoms with E-state index in [0.717, 1.165) is 47.7 Å². The Bertz CT molecular complexity index is 556. The molecule has 1 aliphatic rings. The molecule has 3 rings (SSSR count). The monoisotopic (exact) mass is 324 g/mol. The summed E-state index contributed by atoms with van der Waals surface area (Å²) in [7, 11) is 0. The molecule has 0 spiro atoms. The summed E-state index contributed by atoms with van der Waals surface area (Å²) in [6.07, 6.45) is 5.21. The van der Waals surface area contributed by atoms with Crippen LogP contribution in [0, 0.1) is 11.8 Å². The van der Waals surface area contributed by atoms with Gasteiger partial charge in [0, 0.05) is 35.8 Å². The maximum absolute atomic E-state index is 5.72. The lowest BCUT2D eigenvalue weighted by atomic mass is 9.82. The van der Waals surface area contributed by atoms with Gasteiger partial charge in [0.1, 0.15) is 0 Å². The van der Waals surface area contributed by atoms with Crippen LogP contribution in [0.3, 0.4) is 0 Å². The highest BCUT2D eigenvalue weighted by atomic mass is 14.9. The molecule has 24 heavy (non-hydrogen) atoms. The summed E-state index contributed by atoms with van der Waals surface area (Å²) < 4.78 is 0. The number of hydrogen-bond donors (Lipinski definition) is 4. The van der Waals surface area contributed by atoms with E-state index in [1.54, 1.807) is 0 Å². The zero-order valence-electron chi connectivity index (χ0n) is 14.2. The second-order valence-electron chi connectivity index (χ2n) is 6.89. The molecule has 0 radical (unpaired) electrons. The Morgan fingerprint density at radius 3 is 1.29 bits per heavy atom. The van der Waals surface area contributed by atoms with Crippen molar-refractivity contribution in [1.82, 2.24) is 0 Å². The minimum atomic E-state index is 0.773. The Morgan fingerprint density at radius 2 is 0.958 bits per heavy atom. The molecule has 0 bridgehead atoms. The molecule has 2 aromatic rings. The molecule has 0 atom stereocenters. The number of anilines is 4. The zero-order valence-corrected chi connectivity index (χ0v) is 14.2. The lowest BCUT2D eigenvalue weighted by Gasteiger charge is -2.29. The van der Waals surface area contributed by atoms with Crippen molar-refractivity contribution in [2.24, 2.45) is 11.8 Å². The number of rotatable bonds is 6. The summed E-state index contributed by atoms with van der Waals surface area (Å²) in [6, 6.07) is 16.0. The average Bonchev–Trinajstić information content (AvgIpc) is 2.62. The minimum Gasteiger partial charge on any atom is -0.399 e. The molecule has 128 valence electrons. The highest BCUT2D eigenvalue weighted by Gasteiger charge is 2.20. The Balaban J connectivity index is 1.36. The van der Waals surface area contributed by atoms with Crippen molar-refractivity contribution in [2.45, 2.75) is 25.7 Å². The van der Waals surface area contributed by atoms with Crippen LogP contribution in [0.4, 0.5) is 22.7 Å². The molecule has 1 aliphatic carbocycles. The first-order valence-corrected chi connectivity index (χ1v) is 8.88. The molecule has 1 fully saturated rings. The van der Waals surface area contributed by atoms with Crippen LogP contribution in [0.1, 0.15) is 25.7 Å². The van der Waals surface area contributed by atoms with Crippen LogP contribution in [0.5, 0.6) is 0 Å². The number of nitrogens with one attached hydrogen (secondary N) is 2. The molecule has 0 saturated heterocycles. The minimum absolute atomic E-state index is 0.773. The maximum Gasteiger partial charge on any atom is 0.0341 e. The van der Waals surface area contributed by atoms with Crippen LogP contribution in [-0.4, -0.2) is 13.1 Å². The Labute approximate surface area is 144 Å². The number of nitrogens with two attached hydrogens (primary N) is 2. The van der Waals surface area contributed by atoms with Crippen LogP contribution in [0.25, 0.3) is 0 Å². The fraction of sp³-hybridized carbons (Fsp3) is 0.400. The first-order valence-electron chi connectivity index (χ1n) is 8.88. The molecule has 4 nitrogen and oxygen atoms in total. The third-order valence-corrected chi connectivity index (χ3v) is 4.98. The van der Waals surface area contributed by atoms with Crippen LogP contribution >= 0.6 is 0 Å². The van der Waals surface area contributed by atoms with E-state index < -0.39 is 0 Å². The van der Waals surface area contributed by atoms with Gasteiger partial charge in [-0.2, -0.15) is 0 Å². The van der Waals surface area contributed by atoms with Crippen LogP contribution in [-0.2, 0) is 0 Å². The molecular weight excluding hydrogens is 296 g/mol. The topological polar surface area (TPSA) is 76.1 Å². The van der Waals surface area contributed by atoms with Crippen molar-refractivity contribution in [3.63, 3.8) is 0 Å². The molecule has 0 aromatic heterocycles. The molecule has 2 aromatic carbocycles. The lowest BCUT2D eigenvalue weighted by molar-refractivity contribution is 0.293. The predicted molar refractivity (Wildman–Crippen MR) is 104 cm³/mol. The lowest BCUT2D eigenvalue weighted by Crippen LogP contribution is -2.25. The molecule has 1 saturated carbocycles. The summed E-state index contributed by atoms with van der Waals surface area (Å²) in [5.41, 5.74) is 15.4. The van der Waals surface area contributed by atoms with E-state index in [0.29, 0.717) is 0 Å². The molecule has 0 heterocycles. The van der Waals surface area contributed by atoms with Gasteiger partial charge in [-0.25, -0.2) is 0 Å². The van der Waals surface area contributed by atoms with Crippen LogP contribution in [0.15, 0.2) is 48.5 Å². The molecule has 0 aliphatic heterocycles. The highest BCUT2D eigenvalue weighted by molar-refractivity contribution is 5.51. The van der Waals surface area contributed by atoms with Gasteiger partial charge in [0.05, 0.1) is 0 Å². The van der Waals surface area contributed by atoms with E-state index in [9.17, 15) is 0 Å².